The number of rotatable bonds is 27. The van der Waals surface area contributed by atoms with Crippen LogP contribution >= 0.6 is 0 Å². The standard InChI is InChI=1S/C37H52FNO15/c1-25(40)7-9-47-11-13-49-15-17-51-19-20-52-18-16-50-14-12-48-10-8-39-35(44)28-21-27(22-29(23-28)36(45)46-2)26-3-5-30(6-4-26)53-37-34(43)33(42)32(41)31(24-38)54-37/h3-6,21-23,31-34,37,41-43H,7-20,24H2,1-2H3,(H,39,44)/t31-,32-,33+,34+,37+/m1/s1. The van der Waals surface area contributed by atoms with Gasteiger partial charge in [-0.15, -0.1) is 0 Å². The van der Waals surface area contributed by atoms with E-state index in [1.807, 2.05) is 0 Å². The third kappa shape index (κ3) is 16.0. The summed E-state index contributed by atoms with van der Waals surface area (Å²) in [6.07, 6.45) is -7.28. The zero-order chi connectivity index (χ0) is 39.1. The molecule has 0 spiro atoms. The summed E-state index contributed by atoms with van der Waals surface area (Å²) in [5.74, 6) is -0.760. The molecule has 1 amide bonds. The Hall–Kier alpha value is -3.62. The summed E-state index contributed by atoms with van der Waals surface area (Å²) in [6.45, 7) is 5.33. The Morgan fingerprint density at radius 3 is 1.72 bits per heavy atom. The maximum atomic E-state index is 13.2. The van der Waals surface area contributed by atoms with Crippen LogP contribution < -0.4 is 10.1 Å². The van der Waals surface area contributed by atoms with Crippen LogP contribution in [-0.4, -0.2) is 163 Å². The molecule has 0 bridgehead atoms. The van der Waals surface area contributed by atoms with Crippen molar-refractivity contribution >= 4 is 17.7 Å². The molecule has 4 N–H and O–H groups in total. The van der Waals surface area contributed by atoms with Gasteiger partial charge in [-0.25, -0.2) is 9.18 Å². The SMILES string of the molecule is COC(=O)c1cc(C(=O)NCCOCCOCCOCCOCCOCCOCCC(C)=O)cc(-c2ccc(O[C@H]3O[C@H](CF)[C@@H](O)[C@H](O)[C@@H]3O)cc2)c1. The molecule has 302 valence electrons. The molecular weight excluding hydrogens is 717 g/mol. The molecule has 0 radical (unpaired) electrons. The second-order valence-corrected chi connectivity index (χ2v) is 12.0. The van der Waals surface area contributed by atoms with Crippen LogP contribution in [0.3, 0.4) is 0 Å². The molecule has 5 atom stereocenters. The van der Waals surface area contributed by atoms with Crippen LogP contribution in [0.2, 0.25) is 0 Å². The van der Waals surface area contributed by atoms with Crippen molar-refractivity contribution in [2.45, 2.75) is 44.1 Å². The Morgan fingerprint density at radius 1 is 0.685 bits per heavy atom. The predicted octanol–water partition coefficient (Wildman–Crippen LogP) is 1.10. The van der Waals surface area contributed by atoms with Crippen LogP contribution in [0.4, 0.5) is 4.39 Å². The van der Waals surface area contributed by atoms with Crippen LogP contribution in [0.25, 0.3) is 11.1 Å². The molecule has 0 aromatic heterocycles. The van der Waals surface area contributed by atoms with Crippen molar-refractivity contribution in [1.82, 2.24) is 5.32 Å². The van der Waals surface area contributed by atoms with E-state index in [4.69, 9.17) is 42.6 Å². The van der Waals surface area contributed by atoms with Gasteiger partial charge in [0.25, 0.3) is 5.91 Å². The van der Waals surface area contributed by atoms with Crippen molar-refractivity contribution in [2.75, 3.05) is 99.6 Å². The van der Waals surface area contributed by atoms with E-state index in [0.29, 0.717) is 90.2 Å². The first-order valence-corrected chi connectivity index (χ1v) is 17.6. The topological polar surface area (TPSA) is 207 Å². The summed E-state index contributed by atoms with van der Waals surface area (Å²) < 4.78 is 61.5. The fourth-order valence-corrected chi connectivity index (χ4v) is 4.92. The number of hydrogen-bond acceptors (Lipinski definition) is 15. The molecule has 54 heavy (non-hydrogen) atoms. The molecule has 16 nitrogen and oxygen atoms in total. The minimum atomic E-state index is -1.66. The van der Waals surface area contributed by atoms with E-state index in [2.05, 4.69) is 5.32 Å². The van der Waals surface area contributed by atoms with Gasteiger partial charge in [-0.05, 0) is 48.4 Å². The first-order valence-electron chi connectivity index (χ1n) is 17.6. The number of alkyl halides is 1. The van der Waals surface area contributed by atoms with Crippen LogP contribution in [0.5, 0.6) is 5.75 Å². The zero-order valence-electron chi connectivity index (χ0n) is 30.7. The highest BCUT2D eigenvalue weighted by Gasteiger charge is 2.45. The molecule has 1 fully saturated rings. The van der Waals surface area contributed by atoms with Gasteiger partial charge in [0.15, 0.2) is 0 Å². The molecular formula is C37H52FNO15. The summed E-state index contributed by atoms with van der Waals surface area (Å²) >= 11 is 0. The van der Waals surface area contributed by atoms with Gasteiger partial charge in [0.1, 0.15) is 42.6 Å². The van der Waals surface area contributed by atoms with Crippen molar-refractivity contribution in [1.29, 1.82) is 0 Å². The Balaban J connectivity index is 1.31. The van der Waals surface area contributed by atoms with Gasteiger partial charge in [-0.1, -0.05) is 12.1 Å². The number of esters is 1. The summed E-state index contributed by atoms with van der Waals surface area (Å²) in [5.41, 5.74) is 1.49. The van der Waals surface area contributed by atoms with E-state index in [0.717, 1.165) is 0 Å². The van der Waals surface area contributed by atoms with Gasteiger partial charge in [0.2, 0.25) is 6.29 Å². The maximum absolute atomic E-state index is 13.2. The third-order valence-electron chi connectivity index (χ3n) is 7.87. The Morgan fingerprint density at radius 2 is 1.20 bits per heavy atom. The summed E-state index contributed by atoms with van der Waals surface area (Å²) in [6, 6.07) is 10.9. The van der Waals surface area contributed by atoms with E-state index in [9.17, 15) is 34.1 Å². The number of ether oxygens (including phenoxy) is 9. The molecule has 17 heteroatoms. The highest BCUT2D eigenvalue weighted by atomic mass is 19.1. The lowest BCUT2D eigenvalue weighted by atomic mass is 9.99. The van der Waals surface area contributed by atoms with Gasteiger partial charge < -0.3 is 63.3 Å². The lowest BCUT2D eigenvalue weighted by molar-refractivity contribution is -0.274. The van der Waals surface area contributed by atoms with E-state index < -0.39 is 49.3 Å². The first kappa shape index (κ1) is 44.8. The highest BCUT2D eigenvalue weighted by Crippen LogP contribution is 2.28. The average Bonchev–Trinajstić information content (AvgIpc) is 3.18. The van der Waals surface area contributed by atoms with Crippen molar-refractivity contribution in [3.8, 4) is 16.9 Å². The van der Waals surface area contributed by atoms with Crippen LogP contribution in [0.1, 0.15) is 34.1 Å². The van der Waals surface area contributed by atoms with Gasteiger partial charge in [0, 0.05) is 18.5 Å². The fourth-order valence-electron chi connectivity index (χ4n) is 4.92. The number of hydrogen-bond donors (Lipinski definition) is 4. The molecule has 1 aliphatic heterocycles. The number of ketones is 1. The summed E-state index contributed by atoms with van der Waals surface area (Å²) in [7, 11) is 1.23. The lowest BCUT2D eigenvalue weighted by Gasteiger charge is -2.39. The summed E-state index contributed by atoms with van der Waals surface area (Å²) in [4.78, 5) is 36.2. The van der Waals surface area contributed by atoms with E-state index in [1.165, 1.54) is 32.2 Å². The number of nitrogens with one attached hydrogen (secondary N) is 1. The Kier molecular flexibility index (Phi) is 21.1. The predicted molar refractivity (Wildman–Crippen MR) is 189 cm³/mol. The quantitative estimate of drug-likeness (QED) is 0.0742. The normalized spacial score (nSPS) is 19.7. The number of halogens is 1. The lowest BCUT2D eigenvalue weighted by Crippen LogP contribution is -2.59. The molecule has 0 saturated carbocycles. The van der Waals surface area contributed by atoms with Crippen molar-refractivity contribution in [3.63, 3.8) is 0 Å². The summed E-state index contributed by atoms with van der Waals surface area (Å²) in [5, 5.41) is 32.9. The minimum absolute atomic E-state index is 0.0976. The molecule has 1 saturated heterocycles. The Labute approximate surface area is 313 Å². The maximum Gasteiger partial charge on any atom is 0.337 e. The smallest absolute Gasteiger partial charge is 0.337 e. The van der Waals surface area contributed by atoms with E-state index in [1.54, 1.807) is 24.3 Å². The molecule has 1 heterocycles. The van der Waals surface area contributed by atoms with Gasteiger partial charge in [-0.2, -0.15) is 0 Å². The Bertz CT molecular complexity index is 1400. The number of aliphatic hydroxyl groups is 3. The van der Waals surface area contributed by atoms with Crippen LogP contribution in [-0.2, 0) is 42.7 Å². The van der Waals surface area contributed by atoms with Gasteiger partial charge >= 0.3 is 5.97 Å². The monoisotopic (exact) mass is 769 g/mol. The van der Waals surface area contributed by atoms with Crippen molar-refractivity contribution in [2.24, 2.45) is 0 Å². The minimum Gasteiger partial charge on any atom is -0.465 e. The molecule has 3 rings (SSSR count). The first-order chi connectivity index (χ1) is 26.1. The van der Waals surface area contributed by atoms with Crippen LogP contribution in [0, 0.1) is 0 Å². The largest absolute Gasteiger partial charge is 0.465 e. The number of amides is 1. The molecule has 0 aliphatic carbocycles. The average molecular weight is 770 g/mol. The van der Waals surface area contributed by atoms with Crippen molar-refractivity contribution < 1.29 is 76.7 Å². The second-order valence-electron chi connectivity index (χ2n) is 12.0. The third-order valence-corrected chi connectivity index (χ3v) is 7.87. The number of methoxy groups -OCH3 is 1. The van der Waals surface area contributed by atoms with Gasteiger partial charge in [-0.3, -0.25) is 9.59 Å². The molecule has 0 unspecified atom stereocenters. The van der Waals surface area contributed by atoms with E-state index in [-0.39, 0.29) is 35.8 Å². The number of Topliss-reactive ketones (excluding diaryl/α,β-unsaturated/α-hetero) is 1. The van der Waals surface area contributed by atoms with Crippen molar-refractivity contribution in [3.05, 3.63) is 53.6 Å². The van der Waals surface area contributed by atoms with Gasteiger partial charge in [0.05, 0.1) is 92.0 Å². The zero-order valence-corrected chi connectivity index (χ0v) is 30.7. The molecule has 1 aliphatic rings. The van der Waals surface area contributed by atoms with E-state index >= 15 is 0 Å². The highest BCUT2D eigenvalue weighted by molar-refractivity contribution is 5.99. The van der Waals surface area contributed by atoms with Crippen LogP contribution in [0.15, 0.2) is 42.5 Å². The number of benzene rings is 2. The second kappa shape index (κ2) is 25.5. The number of carbonyl (C=O) groups excluding carboxylic acids is 3. The molecule has 2 aromatic rings. The molecule has 2 aromatic carbocycles. The number of aliphatic hydroxyl groups excluding tert-OH is 3. The fraction of sp³-hybridized carbons (Fsp3) is 0.595. The number of carbonyl (C=O) groups is 3.